The molecule has 0 aliphatic heterocycles. The van der Waals surface area contributed by atoms with Crippen molar-refractivity contribution in [3.05, 3.63) is 279 Å². The first kappa shape index (κ1) is 42.8. The summed E-state index contributed by atoms with van der Waals surface area (Å²) in [5, 5.41) is 22.7. The Bertz CT molecular complexity index is 4810. The van der Waals surface area contributed by atoms with Gasteiger partial charge in [-0.3, -0.25) is 0 Å². The molecule has 15 aromatic carbocycles. The molecule has 0 atom stereocenters. The average molecular weight is 951 g/mol. The van der Waals surface area contributed by atoms with Crippen LogP contribution in [0.15, 0.2) is 283 Å². The van der Waals surface area contributed by atoms with E-state index in [2.05, 4.69) is 279 Å². The molecule has 1 aromatic heterocycles. The van der Waals surface area contributed by atoms with Gasteiger partial charge >= 0.3 is 0 Å². The van der Waals surface area contributed by atoms with Crippen LogP contribution in [0, 0.1) is 0 Å². The molecule has 0 aliphatic rings. The third kappa shape index (κ3) is 6.86. The summed E-state index contributed by atoms with van der Waals surface area (Å²) in [7, 11) is 0. The highest BCUT2D eigenvalue weighted by atomic mass is 16.3. The Hall–Kier alpha value is -9.82. The molecule has 0 aliphatic carbocycles. The molecular weight excluding hydrogens is 905 g/mol. The fourth-order valence-electron chi connectivity index (χ4n) is 12.5. The first-order chi connectivity index (χ1) is 37.2. The van der Waals surface area contributed by atoms with E-state index in [-0.39, 0.29) is 0 Å². The summed E-state index contributed by atoms with van der Waals surface area (Å²) < 4.78 is 6.44. The van der Waals surface area contributed by atoms with Crippen molar-refractivity contribution < 1.29 is 4.42 Å². The molecule has 0 saturated heterocycles. The van der Waals surface area contributed by atoms with Crippen molar-refractivity contribution in [3.8, 4) is 44.5 Å². The molecular formula is C74H46O. The van der Waals surface area contributed by atoms with E-state index in [0.717, 1.165) is 16.6 Å². The van der Waals surface area contributed by atoms with Gasteiger partial charge in [0.2, 0.25) is 0 Å². The zero-order valence-corrected chi connectivity index (χ0v) is 41.0. The minimum Gasteiger partial charge on any atom is -0.456 e. The maximum Gasteiger partial charge on any atom is 0.136 e. The van der Waals surface area contributed by atoms with E-state index in [9.17, 15) is 0 Å². The van der Waals surface area contributed by atoms with Crippen LogP contribution in [0.4, 0.5) is 0 Å². The Balaban J connectivity index is 0.000000132. The molecule has 1 heterocycles. The largest absolute Gasteiger partial charge is 0.456 e. The Morgan fingerprint density at radius 2 is 0.587 bits per heavy atom. The highest BCUT2D eigenvalue weighted by Gasteiger charge is 2.22. The van der Waals surface area contributed by atoms with Gasteiger partial charge in [0, 0.05) is 10.8 Å². The van der Waals surface area contributed by atoms with Gasteiger partial charge in [0.05, 0.1) is 0 Å². The lowest BCUT2D eigenvalue weighted by Gasteiger charge is -2.20. The van der Waals surface area contributed by atoms with Gasteiger partial charge in [-0.05, 0) is 155 Å². The van der Waals surface area contributed by atoms with E-state index < -0.39 is 0 Å². The Labute approximate surface area is 433 Å². The van der Waals surface area contributed by atoms with Crippen LogP contribution in [0.1, 0.15) is 0 Å². The van der Waals surface area contributed by atoms with E-state index >= 15 is 0 Å². The van der Waals surface area contributed by atoms with E-state index in [1.165, 1.54) is 136 Å². The van der Waals surface area contributed by atoms with Gasteiger partial charge in [0.25, 0.3) is 0 Å². The Morgan fingerprint density at radius 1 is 0.187 bits per heavy atom. The molecule has 75 heavy (non-hydrogen) atoms. The van der Waals surface area contributed by atoms with Crippen molar-refractivity contribution in [2.45, 2.75) is 0 Å². The first-order valence-corrected chi connectivity index (χ1v) is 25.9. The van der Waals surface area contributed by atoms with Gasteiger partial charge in [0.15, 0.2) is 0 Å². The summed E-state index contributed by atoms with van der Waals surface area (Å²) in [6.45, 7) is 0. The molecule has 348 valence electrons. The van der Waals surface area contributed by atoms with Crippen LogP contribution in [-0.2, 0) is 0 Å². The lowest BCUT2D eigenvalue weighted by Crippen LogP contribution is -1.92. The maximum atomic E-state index is 6.44. The third-order valence-corrected chi connectivity index (χ3v) is 15.6. The molecule has 1 nitrogen and oxygen atoms in total. The molecule has 16 rings (SSSR count). The lowest BCUT2D eigenvalue weighted by atomic mass is 9.83. The fourth-order valence-corrected chi connectivity index (χ4v) is 12.5. The molecule has 0 spiro atoms. The molecule has 1 heteroatoms. The third-order valence-electron chi connectivity index (χ3n) is 15.6. The molecule has 0 bridgehead atoms. The summed E-state index contributed by atoms with van der Waals surface area (Å²) in [5.74, 6) is 0. The Kier molecular flexibility index (Phi) is 9.96. The summed E-state index contributed by atoms with van der Waals surface area (Å²) in [4.78, 5) is 0. The molecule has 0 unspecified atom stereocenters. The SMILES string of the molecule is c1ccc(-c2c3ccccc3c(-c3cc4ccc5ccccc5c4c4ccccc34)c3ccccc23)cc1.c1ccc(-c2c3ccccc3c(-c3cccc4oc5cc6ccccc6cc5c34)c3ccccc23)cc1. The van der Waals surface area contributed by atoms with Crippen molar-refractivity contribution in [1.82, 2.24) is 0 Å². The van der Waals surface area contributed by atoms with Crippen LogP contribution in [0.2, 0.25) is 0 Å². The average Bonchev–Trinajstić information content (AvgIpc) is 3.85. The fraction of sp³-hybridized carbons (Fsp3) is 0. The normalized spacial score (nSPS) is 11.7. The van der Waals surface area contributed by atoms with Gasteiger partial charge in [-0.25, -0.2) is 0 Å². The van der Waals surface area contributed by atoms with Crippen molar-refractivity contribution in [3.63, 3.8) is 0 Å². The Morgan fingerprint density at radius 3 is 1.12 bits per heavy atom. The minimum atomic E-state index is 0.920. The summed E-state index contributed by atoms with van der Waals surface area (Å²) in [6.07, 6.45) is 0. The molecule has 0 amide bonds. The summed E-state index contributed by atoms with van der Waals surface area (Å²) in [5.41, 5.74) is 12.0. The van der Waals surface area contributed by atoms with E-state index in [1.54, 1.807) is 0 Å². The van der Waals surface area contributed by atoms with Crippen LogP contribution >= 0.6 is 0 Å². The monoisotopic (exact) mass is 950 g/mol. The van der Waals surface area contributed by atoms with Gasteiger partial charge < -0.3 is 4.42 Å². The summed E-state index contributed by atoms with van der Waals surface area (Å²) >= 11 is 0. The molecule has 0 saturated carbocycles. The van der Waals surface area contributed by atoms with E-state index in [0.29, 0.717) is 0 Å². The second kappa shape index (κ2) is 17.4. The van der Waals surface area contributed by atoms with Crippen LogP contribution in [-0.4, -0.2) is 0 Å². The van der Waals surface area contributed by atoms with Crippen LogP contribution < -0.4 is 0 Å². The highest BCUT2D eigenvalue weighted by molar-refractivity contribution is 6.29. The zero-order valence-electron chi connectivity index (χ0n) is 41.0. The minimum absolute atomic E-state index is 0.920. The number of fused-ring (bicyclic) bond motifs is 13. The van der Waals surface area contributed by atoms with Crippen molar-refractivity contribution in [1.29, 1.82) is 0 Å². The zero-order chi connectivity index (χ0) is 49.4. The quantitative estimate of drug-likeness (QED) is 0.127. The van der Waals surface area contributed by atoms with E-state index in [4.69, 9.17) is 4.42 Å². The first-order valence-electron chi connectivity index (χ1n) is 25.9. The van der Waals surface area contributed by atoms with Crippen molar-refractivity contribution in [2.75, 3.05) is 0 Å². The number of benzene rings is 15. The molecule has 0 N–H and O–H groups in total. The predicted octanol–water partition coefficient (Wildman–Crippen LogP) is 21.2. The van der Waals surface area contributed by atoms with Gasteiger partial charge in [0.1, 0.15) is 11.2 Å². The summed E-state index contributed by atoms with van der Waals surface area (Å²) in [6, 6.07) is 101. The molecule has 16 aromatic rings. The predicted molar refractivity (Wildman–Crippen MR) is 322 cm³/mol. The molecule has 0 radical (unpaired) electrons. The number of furan rings is 1. The number of rotatable bonds is 4. The van der Waals surface area contributed by atoms with E-state index in [1.807, 2.05) is 0 Å². The standard InChI is InChI=1S/C38H24.C36H22O/c1-2-13-26(14-3-1)36-31-18-8-10-20-33(31)38(34-21-11-9-19-32(34)36)35-24-27-23-22-25-12-4-5-15-28(25)37(27)30-17-7-6-16-29(30)35;1-2-11-23(12-3-1)34-26-15-6-8-17-28(26)35(29-18-9-7-16-27(29)34)30-19-10-20-32-36(30)31-21-24-13-4-5-14-25(24)22-33(31)37-32/h1-24H;1-22H. The van der Waals surface area contributed by atoms with Crippen molar-refractivity contribution >= 4 is 108 Å². The number of hydrogen-bond donors (Lipinski definition) is 0. The van der Waals surface area contributed by atoms with Crippen LogP contribution in [0.5, 0.6) is 0 Å². The topological polar surface area (TPSA) is 13.1 Å². The lowest BCUT2D eigenvalue weighted by molar-refractivity contribution is 0.669. The second-order valence-electron chi connectivity index (χ2n) is 19.7. The smallest absolute Gasteiger partial charge is 0.136 e. The molecule has 0 fully saturated rings. The van der Waals surface area contributed by atoms with Crippen molar-refractivity contribution in [2.24, 2.45) is 0 Å². The van der Waals surface area contributed by atoms with Gasteiger partial charge in [-0.1, -0.05) is 255 Å². The second-order valence-corrected chi connectivity index (χ2v) is 19.7. The maximum absolute atomic E-state index is 6.44. The van der Waals surface area contributed by atoms with Gasteiger partial charge in [-0.15, -0.1) is 0 Å². The van der Waals surface area contributed by atoms with Gasteiger partial charge in [-0.2, -0.15) is 0 Å². The van der Waals surface area contributed by atoms with Crippen LogP contribution in [0.3, 0.4) is 0 Å². The number of hydrogen-bond acceptors (Lipinski definition) is 1. The van der Waals surface area contributed by atoms with Crippen LogP contribution in [0.25, 0.3) is 153 Å². The highest BCUT2D eigenvalue weighted by Crippen LogP contribution is 2.49.